The summed E-state index contributed by atoms with van der Waals surface area (Å²) in [6, 6.07) is 15.8. The molecule has 4 rings (SSSR count). The molecule has 3 aromatic rings. The minimum Gasteiger partial charge on any atom is -0.378 e. The molecule has 0 amide bonds. The zero-order valence-electron chi connectivity index (χ0n) is 16.7. The summed E-state index contributed by atoms with van der Waals surface area (Å²) in [5.74, 6) is 0.359. The van der Waals surface area contributed by atoms with Gasteiger partial charge in [-0.3, -0.25) is 5.10 Å². The molecular formula is C23H27IN4O. The summed E-state index contributed by atoms with van der Waals surface area (Å²) in [4.78, 5) is 2.45. The maximum atomic E-state index is 5.54. The molecule has 1 saturated heterocycles. The van der Waals surface area contributed by atoms with E-state index in [0.29, 0.717) is 5.92 Å². The van der Waals surface area contributed by atoms with Gasteiger partial charge in [-0.1, -0.05) is 30.3 Å². The van der Waals surface area contributed by atoms with Crippen molar-refractivity contribution in [1.82, 2.24) is 15.5 Å². The summed E-state index contributed by atoms with van der Waals surface area (Å²) in [6.45, 7) is 4.50. The van der Waals surface area contributed by atoms with Gasteiger partial charge in [-0.2, -0.15) is 5.10 Å². The molecule has 2 heterocycles. The minimum absolute atomic E-state index is 0.359. The highest BCUT2D eigenvalue weighted by atomic mass is 127. The van der Waals surface area contributed by atoms with E-state index >= 15 is 0 Å². The van der Waals surface area contributed by atoms with Crippen LogP contribution in [0, 0.1) is 3.57 Å². The highest BCUT2D eigenvalue weighted by Crippen LogP contribution is 2.34. The first-order valence-electron chi connectivity index (χ1n) is 10.1. The molecular weight excluding hydrogens is 475 g/mol. The third kappa shape index (κ3) is 4.82. The molecule has 0 aliphatic carbocycles. The van der Waals surface area contributed by atoms with Crippen LogP contribution in [-0.4, -0.2) is 50.1 Å². The fraction of sp³-hybridized carbons (Fsp3) is 0.348. The SMILES string of the molecule is CNCCC(c1ccc(-c2cn[nH]c2)cc1)c1ccc(I)c(N2CCOCC2)c1. The number of hydrogen-bond donors (Lipinski definition) is 2. The molecule has 1 unspecified atom stereocenters. The minimum atomic E-state index is 0.359. The van der Waals surface area contributed by atoms with Gasteiger partial charge in [0.25, 0.3) is 0 Å². The largest absolute Gasteiger partial charge is 0.378 e. The van der Waals surface area contributed by atoms with Crippen LogP contribution in [0.1, 0.15) is 23.5 Å². The average molecular weight is 502 g/mol. The number of aromatic amines is 1. The van der Waals surface area contributed by atoms with E-state index in [0.717, 1.165) is 44.8 Å². The first-order valence-corrected chi connectivity index (χ1v) is 11.2. The highest BCUT2D eigenvalue weighted by molar-refractivity contribution is 14.1. The molecule has 152 valence electrons. The van der Waals surface area contributed by atoms with Gasteiger partial charge in [0.15, 0.2) is 0 Å². The lowest BCUT2D eigenvalue weighted by atomic mass is 9.87. The molecule has 1 aliphatic heterocycles. The van der Waals surface area contributed by atoms with E-state index in [1.807, 2.05) is 19.4 Å². The predicted molar refractivity (Wildman–Crippen MR) is 127 cm³/mol. The van der Waals surface area contributed by atoms with Gasteiger partial charge in [-0.05, 0) is 71.4 Å². The number of aromatic nitrogens is 2. The van der Waals surface area contributed by atoms with Crippen molar-refractivity contribution in [1.29, 1.82) is 0 Å². The van der Waals surface area contributed by atoms with Crippen molar-refractivity contribution < 1.29 is 4.74 Å². The lowest BCUT2D eigenvalue weighted by Crippen LogP contribution is -2.36. The highest BCUT2D eigenvalue weighted by Gasteiger charge is 2.19. The molecule has 0 radical (unpaired) electrons. The Hall–Kier alpha value is -1.90. The van der Waals surface area contributed by atoms with Crippen molar-refractivity contribution in [2.75, 3.05) is 44.8 Å². The van der Waals surface area contributed by atoms with Crippen molar-refractivity contribution in [2.24, 2.45) is 0 Å². The smallest absolute Gasteiger partial charge is 0.0642 e. The Labute approximate surface area is 186 Å². The van der Waals surface area contributed by atoms with Crippen LogP contribution < -0.4 is 10.2 Å². The Balaban J connectivity index is 1.64. The maximum Gasteiger partial charge on any atom is 0.0642 e. The van der Waals surface area contributed by atoms with Gasteiger partial charge < -0.3 is 15.0 Å². The summed E-state index contributed by atoms with van der Waals surface area (Å²) < 4.78 is 6.85. The van der Waals surface area contributed by atoms with Crippen molar-refractivity contribution in [2.45, 2.75) is 12.3 Å². The Morgan fingerprint density at radius 3 is 2.55 bits per heavy atom. The second-order valence-electron chi connectivity index (χ2n) is 7.36. The molecule has 0 spiro atoms. The lowest BCUT2D eigenvalue weighted by Gasteiger charge is -2.31. The lowest BCUT2D eigenvalue weighted by molar-refractivity contribution is 0.122. The predicted octanol–water partition coefficient (Wildman–Crippen LogP) is 4.26. The zero-order valence-corrected chi connectivity index (χ0v) is 18.9. The summed E-state index contributed by atoms with van der Waals surface area (Å²) in [5.41, 5.74) is 6.36. The van der Waals surface area contributed by atoms with Gasteiger partial charge in [0.2, 0.25) is 0 Å². The van der Waals surface area contributed by atoms with Crippen LogP contribution in [0.2, 0.25) is 0 Å². The fourth-order valence-electron chi connectivity index (χ4n) is 3.92. The van der Waals surface area contributed by atoms with Gasteiger partial charge in [-0.15, -0.1) is 0 Å². The Bertz CT molecular complexity index is 905. The number of anilines is 1. The number of rotatable bonds is 7. The number of nitrogens with one attached hydrogen (secondary N) is 2. The maximum absolute atomic E-state index is 5.54. The Kier molecular flexibility index (Phi) is 6.84. The molecule has 1 atom stereocenters. The summed E-state index contributed by atoms with van der Waals surface area (Å²) >= 11 is 2.45. The number of morpholine rings is 1. The van der Waals surface area contributed by atoms with E-state index in [4.69, 9.17) is 4.74 Å². The van der Waals surface area contributed by atoms with Crippen molar-refractivity contribution >= 4 is 28.3 Å². The standard InChI is InChI=1S/C23H27IN4O/c1-25-9-8-21(18-4-2-17(3-5-18)20-15-26-27-16-20)19-6-7-22(24)23(14-19)28-10-12-29-13-11-28/h2-7,14-16,21,25H,8-13H2,1H3,(H,26,27). The van der Waals surface area contributed by atoms with E-state index in [2.05, 4.69) is 85.5 Å². The summed E-state index contributed by atoms with van der Waals surface area (Å²) in [5, 5.41) is 10.3. The van der Waals surface area contributed by atoms with Crippen molar-refractivity contribution in [3.05, 3.63) is 69.6 Å². The molecule has 2 N–H and O–H groups in total. The van der Waals surface area contributed by atoms with E-state index in [1.54, 1.807) is 0 Å². The normalized spacial score (nSPS) is 15.4. The Morgan fingerprint density at radius 2 is 1.86 bits per heavy atom. The van der Waals surface area contributed by atoms with Gasteiger partial charge >= 0.3 is 0 Å². The monoisotopic (exact) mass is 502 g/mol. The second-order valence-corrected chi connectivity index (χ2v) is 8.53. The van der Waals surface area contributed by atoms with E-state index in [1.165, 1.54) is 25.9 Å². The molecule has 1 aliphatic rings. The number of halogens is 1. The third-order valence-corrected chi connectivity index (χ3v) is 6.46. The van der Waals surface area contributed by atoms with Gasteiger partial charge in [0, 0.05) is 34.3 Å². The number of benzene rings is 2. The number of nitrogens with zero attached hydrogens (tertiary/aromatic N) is 2. The third-order valence-electron chi connectivity index (χ3n) is 5.55. The number of H-pyrrole nitrogens is 1. The molecule has 0 saturated carbocycles. The van der Waals surface area contributed by atoms with E-state index in [9.17, 15) is 0 Å². The van der Waals surface area contributed by atoms with E-state index in [-0.39, 0.29) is 0 Å². The van der Waals surface area contributed by atoms with Crippen LogP contribution in [0.25, 0.3) is 11.1 Å². The van der Waals surface area contributed by atoms with Crippen LogP contribution in [-0.2, 0) is 4.74 Å². The quantitative estimate of drug-likeness (QED) is 0.475. The second kappa shape index (κ2) is 9.73. The van der Waals surface area contributed by atoms with Crippen LogP contribution >= 0.6 is 22.6 Å². The number of ether oxygens (including phenoxy) is 1. The molecule has 1 fully saturated rings. The molecule has 5 nitrogen and oxygen atoms in total. The van der Waals surface area contributed by atoms with Crippen LogP contribution in [0.15, 0.2) is 54.9 Å². The summed E-state index contributed by atoms with van der Waals surface area (Å²) in [7, 11) is 2.02. The summed E-state index contributed by atoms with van der Waals surface area (Å²) in [6.07, 6.45) is 4.85. The van der Waals surface area contributed by atoms with Crippen LogP contribution in [0.3, 0.4) is 0 Å². The van der Waals surface area contributed by atoms with E-state index < -0.39 is 0 Å². The first kappa shape index (κ1) is 20.4. The van der Waals surface area contributed by atoms with Crippen molar-refractivity contribution in [3.63, 3.8) is 0 Å². The Morgan fingerprint density at radius 1 is 1.10 bits per heavy atom. The van der Waals surface area contributed by atoms with Crippen LogP contribution in [0.5, 0.6) is 0 Å². The molecule has 0 bridgehead atoms. The van der Waals surface area contributed by atoms with Gasteiger partial charge in [0.05, 0.1) is 25.1 Å². The molecule has 29 heavy (non-hydrogen) atoms. The molecule has 2 aromatic carbocycles. The zero-order chi connectivity index (χ0) is 20.1. The van der Waals surface area contributed by atoms with Gasteiger partial charge in [0.1, 0.15) is 0 Å². The average Bonchev–Trinajstić information content (AvgIpc) is 3.31. The molecule has 6 heteroatoms. The topological polar surface area (TPSA) is 53.2 Å². The fourth-order valence-corrected chi connectivity index (χ4v) is 4.60. The van der Waals surface area contributed by atoms with Crippen LogP contribution in [0.4, 0.5) is 5.69 Å². The number of hydrogen-bond acceptors (Lipinski definition) is 4. The van der Waals surface area contributed by atoms with Crippen molar-refractivity contribution in [3.8, 4) is 11.1 Å². The first-order chi connectivity index (χ1) is 14.3. The van der Waals surface area contributed by atoms with Gasteiger partial charge in [-0.25, -0.2) is 0 Å². The molecule has 1 aromatic heterocycles.